The highest BCUT2D eigenvalue weighted by atomic mass is 16.2. The monoisotopic (exact) mass is 534 g/mol. The molecule has 1 aliphatic rings. The van der Waals surface area contributed by atoms with Crippen LogP contribution in [0.1, 0.15) is 22.7 Å². The van der Waals surface area contributed by atoms with E-state index in [2.05, 4.69) is 21.1 Å². The van der Waals surface area contributed by atoms with Crippen LogP contribution >= 0.6 is 0 Å². The summed E-state index contributed by atoms with van der Waals surface area (Å²) in [5, 5.41) is 14.0. The van der Waals surface area contributed by atoms with Crippen molar-refractivity contribution >= 4 is 29.0 Å². The molecule has 5 rings (SSSR count). The number of aliphatic imine (C=N–C) groups is 1. The molecular weight excluding hydrogens is 504 g/mol. The van der Waals surface area contributed by atoms with Crippen molar-refractivity contribution < 1.29 is 4.79 Å². The number of hydrogen-bond acceptors (Lipinski definition) is 9. The number of carbonyl (C=O) groups is 1. The maximum absolute atomic E-state index is 13.2. The number of pyridine rings is 1. The van der Waals surface area contributed by atoms with E-state index in [0.717, 1.165) is 16.9 Å². The van der Waals surface area contributed by atoms with Gasteiger partial charge in [-0.1, -0.05) is 30.3 Å². The minimum absolute atomic E-state index is 0.0553. The molecule has 1 fully saturated rings. The van der Waals surface area contributed by atoms with Crippen molar-refractivity contribution in [3.8, 4) is 17.3 Å². The number of carbonyl (C=O) groups excluding carboxylic acids is 1. The quantitative estimate of drug-likeness (QED) is 0.341. The highest BCUT2D eigenvalue weighted by molar-refractivity contribution is 6.09. The van der Waals surface area contributed by atoms with Gasteiger partial charge in [0.05, 0.1) is 29.7 Å². The van der Waals surface area contributed by atoms with Gasteiger partial charge in [0.2, 0.25) is 5.91 Å². The van der Waals surface area contributed by atoms with Crippen molar-refractivity contribution in [2.75, 3.05) is 44.7 Å². The molecule has 4 aromatic rings. The molecule has 0 radical (unpaired) electrons. The first-order valence-corrected chi connectivity index (χ1v) is 13.0. The number of nitrogens with two attached hydrogens (primary N) is 2. The number of benzene rings is 1. The van der Waals surface area contributed by atoms with Crippen LogP contribution in [0, 0.1) is 11.3 Å². The lowest BCUT2D eigenvalue weighted by Gasteiger charge is -2.37. The van der Waals surface area contributed by atoms with Crippen LogP contribution in [-0.2, 0) is 4.79 Å². The first-order valence-electron chi connectivity index (χ1n) is 13.0. The van der Waals surface area contributed by atoms with Crippen molar-refractivity contribution in [2.45, 2.75) is 5.92 Å². The summed E-state index contributed by atoms with van der Waals surface area (Å²) >= 11 is 0. The lowest BCUT2D eigenvalue weighted by atomic mass is 9.97. The summed E-state index contributed by atoms with van der Waals surface area (Å²) in [5.41, 5.74) is 16.2. The second-order valence-corrected chi connectivity index (χ2v) is 9.36. The van der Waals surface area contributed by atoms with E-state index in [0.29, 0.717) is 54.2 Å². The Labute approximate surface area is 232 Å². The summed E-state index contributed by atoms with van der Waals surface area (Å²) in [7, 11) is 1.66. The maximum Gasteiger partial charge on any atom is 0.231 e. The fraction of sp³-hybridized carbons (Fsp3) is 0.241. The molecule has 11 nitrogen and oxygen atoms in total. The van der Waals surface area contributed by atoms with Gasteiger partial charge in [-0.05, 0) is 17.7 Å². The second-order valence-electron chi connectivity index (χ2n) is 9.36. The minimum Gasteiger partial charge on any atom is -0.404 e. The SMILES string of the molecule is CN=CC(=CN)c1cn2ncc(C#N)c2c(-c2ccc(N3CCN(C(=O)C(CN)c4ccccc4)CC3)nc2)n1. The van der Waals surface area contributed by atoms with E-state index < -0.39 is 0 Å². The van der Waals surface area contributed by atoms with Gasteiger partial charge in [0.1, 0.15) is 23.0 Å². The van der Waals surface area contributed by atoms with Crippen molar-refractivity contribution in [3.63, 3.8) is 0 Å². The Bertz CT molecular complexity index is 1590. The zero-order valence-corrected chi connectivity index (χ0v) is 22.2. The molecule has 11 heteroatoms. The number of nitriles is 1. The number of nitrogens with zero attached hydrogens (tertiary/aromatic N) is 8. The zero-order valence-electron chi connectivity index (χ0n) is 22.2. The fourth-order valence-electron chi connectivity index (χ4n) is 4.92. The average Bonchev–Trinajstić information content (AvgIpc) is 3.44. The van der Waals surface area contributed by atoms with Crippen LogP contribution in [-0.4, -0.2) is 76.4 Å². The minimum atomic E-state index is -0.342. The molecular formula is C29H30N10O. The molecule has 1 saturated heterocycles. The summed E-state index contributed by atoms with van der Waals surface area (Å²) in [6.45, 7) is 2.76. The first kappa shape index (κ1) is 26.5. The first-order chi connectivity index (χ1) is 19.6. The Morgan fingerprint density at radius 2 is 1.93 bits per heavy atom. The molecule has 202 valence electrons. The highest BCUT2D eigenvalue weighted by Crippen LogP contribution is 2.28. The van der Waals surface area contributed by atoms with E-state index in [9.17, 15) is 10.1 Å². The fourth-order valence-corrected chi connectivity index (χ4v) is 4.92. The van der Waals surface area contributed by atoms with Crippen LogP contribution in [0.5, 0.6) is 0 Å². The van der Waals surface area contributed by atoms with Crippen LogP contribution < -0.4 is 16.4 Å². The Hall–Kier alpha value is -5.08. The molecule has 0 aliphatic carbocycles. The standard InChI is InChI=1S/C29H30N10O/c1-33-16-22(13-30)25-19-39-28(23(14-31)18-35-39)27(36-25)21-7-8-26(34-17-21)37-9-11-38(12-10-37)29(40)24(15-32)20-5-3-2-4-6-20/h2-8,13,16-19,24H,9-12,15,30,32H2,1H3. The van der Waals surface area contributed by atoms with Gasteiger partial charge in [-0.3, -0.25) is 9.79 Å². The van der Waals surface area contributed by atoms with Crippen molar-refractivity contribution in [1.82, 2.24) is 24.5 Å². The third-order valence-electron chi connectivity index (χ3n) is 7.03. The summed E-state index contributed by atoms with van der Waals surface area (Å²) in [4.78, 5) is 30.8. The van der Waals surface area contributed by atoms with Gasteiger partial charge in [-0.15, -0.1) is 0 Å². The summed E-state index contributed by atoms with van der Waals surface area (Å²) in [6.07, 6.45) is 8.02. The Morgan fingerprint density at radius 1 is 1.15 bits per heavy atom. The number of anilines is 1. The van der Waals surface area contributed by atoms with Crippen molar-refractivity contribution in [3.05, 3.63) is 84.1 Å². The van der Waals surface area contributed by atoms with Gasteiger partial charge >= 0.3 is 0 Å². The van der Waals surface area contributed by atoms with E-state index in [4.69, 9.17) is 21.4 Å². The van der Waals surface area contributed by atoms with Crippen LogP contribution in [0.25, 0.3) is 22.3 Å². The molecule has 4 N–H and O–H groups in total. The van der Waals surface area contributed by atoms with Crippen molar-refractivity contribution in [1.29, 1.82) is 5.26 Å². The second kappa shape index (κ2) is 11.8. The largest absolute Gasteiger partial charge is 0.404 e. The van der Waals surface area contributed by atoms with Crippen molar-refractivity contribution in [2.24, 2.45) is 16.5 Å². The summed E-state index contributed by atoms with van der Waals surface area (Å²) in [6, 6.07) is 15.7. The van der Waals surface area contributed by atoms with Gasteiger partial charge in [0.15, 0.2) is 0 Å². The normalized spacial score (nSPS) is 15.0. The number of rotatable bonds is 7. The molecule has 1 aliphatic heterocycles. The van der Waals surface area contributed by atoms with Crippen LogP contribution in [0.3, 0.4) is 0 Å². The molecule has 0 bridgehead atoms. The van der Waals surface area contributed by atoms with Gasteiger partial charge < -0.3 is 21.3 Å². The lowest BCUT2D eigenvalue weighted by Crippen LogP contribution is -2.51. The topological polar surface area (TPSA) is 155 Å². The molecule has 1 atom stereocenters. The van der Waals surface area contributed by atoms with E-state index in [-0.39, 0.29) is 18.4 Å². The zero-order chi connectivity index (χ0) is 28.1. The molecule has 1 aromatic carbocycles. The molecule has 0 spiro atoms. The Kier molecular flexibility index (Phi) is 7.80. The van der Waals surface area contributed by atoms with Crippen LogP contribution in [0.2, 0.25) is 0 Å². The number of aromatic nitrogens is 4. The van der Waals surface area contributed by atoms with E-state index in [1.807, 2.05) is 47.4 Å². The molecule has 4 heterocycles. The number of allylic oxidation sites excluding steroid dienone is 1. The van der Waals surface area contributed by atoms with E-state index in [1.165, 1.54) is 12.4 Å². The Morgan fingerprint density at radius 3 is 2.55 bits per heavy atom. The number of fused-ring (bicyclic) bond motifs is 1. The number of piperazine rings is 1. The predicted octanol–water partition coefficient (Wildman–Crippen LogP) is 2.05. The average molecular weight is 535 g/mol. The van der Waals surface area contributed by atoms with Gasteiger partial charge in [-0.2, -0.15) is 10.4 Å². The van der Waals surface area contributed by atoms with E-state index in [1.54, 1.807) is 30.2 Å². The molecule has 0 saturated carbocycles. The van der Waals surface area contributed by atoms with Crippen LogP contribution in [0.4, 0.5) is 5.82 Å². The molecule has 1 amide bonds. The van der Waals surface area contributed by atoms with Crippen LogP contribution in [0.15, 0.2) is 72.2 Å². The highest BCUT2D eigenvalue weighted by Gasteiger charge is 2.28. The molecule has 1 unspecified atom stereocenters. The maximum atomic E-state index is 13.2. The van der Waals surface area contributed by atoms with Gasteiger partial charge in [-0.25, -0.2) is 14.5 Å². The summed E-state index contributed by atoms with van der Waals surface area (Å²) in [5.74, 6) is 0.515. The van der Waals surface area contributed by atoms with E-state index >= 15 is 0 Å². The molecule has 40 heavy (non-hydrogen) atoms. The Balaban J connectivity index is 1.36. The smallest absolute Gasteiger partial charge is 0.231 e. The molecule has 3 aromatic heterocycles. The van der Waals surface area contributed by atoms with Gasteiger partial charge in [0, 0.05) is 69.5 Å². The third-order valence-corrected chi connectivity index (χ3v) is 7.03. The summed E-state index contributed by atoms with van der Waals surface area (Å²) < 4.78 is 1.62. The van der Waals surface area contributed by atoms with Gasteiger partial charge in [0.25, 0.3) is 0 Å². The third kappa shape index (κ3) is 5.12. The number of amides is 1. The lowest BCUT2D eigenvalue weighted by molar-refractivity contribution is -0.132. The predicted molar refractivity (Wildman–Crippen MR) is 155 cm³/mol. The number of hydrogen-bond donors (Lipinski definition) is 2.